The van der Waals surface area contributed by atoms with Crippen LogP contribution in [0.15, 0.2) is 55.1 Å². The van der Waals surface area contributed by atoms with Gasteiger partial charge in [0, 0.05) is 0 Å². The second-order valence-electron chi connectivity index (χ2n) is 4.64. The van der Waals surface area contributed by atoms with Gasteiger partial charge in [0.15, 0.2) is 0 Å². The lowest BCUT2D eigenvalue weighted by Crippen LogP contribution is -1.90. The molecule has 0 aliphatic carbocycles. The van der Waals surface area contributed by atoms with Gasteiger partial charge < -0.3 is 0 Å². The van der Waals surface area contributed by atoms with Crippen molar-refractivity contribution >= 4 is 5.57 Å². The second kappa shape index (κ2) is 5.01. The smallest absolute Gasteiger partial charge is 0.00256 e. The van der Waals surface area contributed by atoms with Gasteiger partial charge in [0.25, 0.3) is 0 Å². The van der Waals surface area contributed by atoms with Crippen molar-refractivity contribution in [3.05, 3.63) is 77.4 Å². The van der Waals surface area contributed by atoms with Crippen molar-refractivity contribution in [1.82, 2.24) is 0 Å². The van der Waals surface area contributed by atoms with Gasteiger partial charge in [-0.25, -0.2) is 0 Å². The number of allylic oxidation sites excluding steroid dienone is 1. The number of rotatable bonds is 3. The molecule has 0 nitrogen and oxygen atoms in total. The highest BCUT2D eigenvalue weighted by atomic mass is 14.1. The zero-order valence-electron chi connectivity index (χ0n) is 10.5. The van der Waals surface area contributed by atoms with E-state index in [-0.39, 0.29) is 0 Å². The first-order chi connectivity index (χ1) is 8.15. The summed E-state index contributed by atoms with van der Waals surface area (Å²) in [6.45, 7) is 8.43. The van der Waals surface area contributed by atoms with Crippen LogP contribution in [0.3, 0.4) is 0 Å². The number of aryl methyl sites for hydroxylation is 2. The van der Waals surface area contributed by atoms with Crippen LogP contribution in [0.25, 0.3) is 5.57 Å². The van der Waals surface area contributed by atoms with Gasteiger partial charge in [0.05, 0.1) is 0 Å². The first-order valence-electron chi connectivity index (χ1n) is 5.95. The van der Waals surface area contributed by atoms with Crippen molar-refractivity contribution < 1.29 is 0 Å². The molecule has 0 heteroatoms. The maximum absolute atomic E-state index is 4.19. The Balaban J connectivity index is 2.17. The monoisotopic (exact) mass is 222 g/mol. The molecule has 0 fully saturated rings. The van der Waals surface area contributed by atoms with E-state index in [0.29, 0.717) is 0 Å². The standard InChI is InChI=1S/C17H18/c1-13-6-4-8-16(10-13)12-15(3)17-9-5-7-14(2)11-17/h4-11H,3,12H2,1-2H3. The van der Waals surface area contributed by atoms with Crippen molar-refractivity contribution in [3.8, 4) is 0 Å². The molecule has 2 aromatic carbocycles. The van der Waals surface area contributed by atoms with Crippen LogP contribution in [0, 0.1) is 13.8 Å². The lowest BCUT2D eigenvalue weighted by molar-refractivity contribution is 1.26. The SMILES string of the molecule is C=C(Cc1cccc(C)c1)c1cccc(C)c1. The molecule has 0 amide bonds. The Morgan fingerprint density at radius 1 is 0.941 bits per heavy atom. The van der Waals surface area contributed by atoms with Crippen LogP contribution in [0.2, 0.25) is 0 Å². The maximum atomic E-state index is 4.19. The van der Waals surface area contributed by atoms with E-state index in [2.05, 4.69) is 69.0 Å². The summed E-state index contributed by atoms with van der Waals surface area (Å²) in [4.78, 5) is 0. The van der Waals surface area contributed by atoms with Crippen molar-refractivity contribution in [2.45, 2.75) is 20.3 Å². The summed E-state index contributed by atoms with van der Waals surface area (Å²) in [5, 5.41) is 0. The van der Waals surface area contributed by atoms with Gasteiger partial charge in [0.1, 0.15) is 0 Å². The Labute approximate surface area is 104 Å². The summed E-state index contributed by atoms with van der Waals surface area (Å²) in [5.41, 5.74) is 6.34. The Morgan fingerprint density at radius 2 is 1.59 bits per heavy atom. The van der Waals surface area contributed by atoms with Crippen LogP contribution in [0.5, 0.6) is 0 Å². The highest BCUT2D eigenvalue weighted by molar-refractivity contribution is 5.66. The molecule has 0 spiro atoms. The third kappa shape index (κ3) is 3.07. The van der Waals surface area contributed by atoms with E-state index in [1.54, 1.807) is 0 Å². The lowest BCUT2D eigenvalue weighted by Gasteiger charge is -2.07. The van der Waals surface area contributed by atoms with E-state index >= 15 is 0 Å². The predicted molar refractivity (Wildman–Crippen MR) is 75.1 cm³/mol. The molecule has 17 heavy (non-hydrogen) atoms. The molecular formula is C17H18. The van der Waals surface area contributed by atoms with Gasteiger partial charge in [-0.15, -0.1) is 0 Å². The topological polar surface area (TPSA) is 0 Å². The Bertz CT molecular complexity index is 535. The molecule has 0 heterocycles. The van der Waals surface area contributed by atoms with Gasteiger partial charge in [-0.1, -0.05) is 66.2 Å². The van der Waals surface area contributed by atoms with Gasteiger partial charge in [-0.05, 0) is 37.0 Å². The molecule has 0 atom stereocenters. The Hall–Kier alpha value is -1.82. The third-order valence-electron chi connectivity index (χ3n) is 2.93. The molecule has 0 N–H and O–H groups in total. The molecule has 0 aliphatic heterocycles. The van der Waals surface area contributed by atoms with Crippen molar-refractivity contribution in [3.63, 3.8) is 0 Å². The minimum atomic E-state index is 0.922. The summed E-state index contributed by atoms with van der Waals surface area (Å²) < 4.78 is 0. The van der Waals surface area contributed by atoms with E-state index in [9.17, 15) is 0 Å². The molecule has 0 radical (unpaired) electrons. The molecule has 0 saturated carbocycles. The Morgan fingerprint density at radius 3 is 2.24 bits per heavy atom. The maximum Gasteiger partial charge on any atom is -0.00256 e. The number of hydrogen-bond donors (Lipinski definition) is 0. The van der Waals surface area contributed by atoms with E-state index < -0.39 is 0 Å². The number of hydrogen-bond acceptors (Lipinski definition) is 0. The first kappa shape index (κ1) is 11.7. The van der Waals surface area contributed by atoms with Crippen molar-refractivity contribution in [1.29, 1.82) is 0 Å². The molecule has 2 rings (SSSR count). The molecule has 0 aliphatic rings. The van der Waals surface area contributed by atoms with Gasteiger partial charge in [0.2, 0.25) is 0 Å². The molecule has 2 aromatic rings. The minimum Gasteiger partial charge on any atom is -0.0949 e. The van der Waals surface area contributed by atoms with Crippen LogP contribution in [-0.4, -0.2) is 0 Å². The summed E-state index contributed by atoms with van der Waals surface area (Å²) in [6, 6.07) is 17.1. The van der Waals surface area contributed by atoms with Crippen LogP contribution in [-0.2, 0) is 6.42 Å². The quantitative estimate of drug-likeness (QED) is 0.714. The fourth-order valence-electron chi connectivity index (χ4n) is 2.04. The number of benzene rings is 2. The minimum absolute atomic E-state index is 0.922. The summed E-state index contributed by atoms with van der Waals surface area (Å²) >= 11 is 0. The van der Waals surface area contributed by atoms with Gasteiger partial charge in [-0.3, -0.25) is 0 Å². The fourth-order valence-corrected chi connectivity index (χ4v) is 2.04. The lowest BCUT2D eigenvalue weighted by atomic mass is 9.98. The zero-order valence-corrected chi connectivity index (χ0v) is 10.5. The van der Waals surface area contributed by atoms with Crippen molar-refractivity contribution in [2.24, 2.45) is 0 Å². The molecule has 86 valence electrons. The van der Waals surface area contributed by atoms with E-state index in [1.807, 2.05) is 0 Å². The normalized spacial score (nSPS) is 10.2. The largest absolute Gasteiger partial charge is 0.0949 e. The van der Waals surface area contributed by atoms with E-state index in [0.717, 1.165) is 6.42 Å². The average molecular weight is 222 g/mol. The van der Waals surface area contributed by atoms with Gasteiger partial charge in [-0.2, -0.15) is 0 Å². The third-order valence-corrected chi connectivity index (χ3v) is 2.93. The fraction of sp³-hybridized carbons (Fsp3) is 0.176. The first-order valence-corrected chi connectivity index (χ1v) is 5.95. The summed E-state index contributed by atoms with van der Waals surface area (Å²) in [6.07, 6.45) is 0.922. The predicted octanol–water partition coefficient (Wildman–Crippen LogP) is 4.56. The van der Waals surface area contributed by atoms with Crippen LogP contribution in [0.4, 0.5) is 0 Å². The van der Waals surface area contributed by atoms with Crippen molar-refractivity contribution in [2.75, 3.05) is 0 Å². The summed E-state index contributed by atoms with van der Waals surface area (Å²) in [7, 11) is 0. The van der Waals surface area contributed by atoms with E-state index in [1.165, 1.54) is 27.8 Å². The highest BCUT2D eigenvalue weighted by Gasteiger charge is 2.01. The van der Waals surface area contributed by atoms with E-state index in [4.69, 9.17) is 0 Å². The zero-order chi connectivity index (χ0) is 12.3. The van der Waals surface area contributed by atoms with Crippen LogP contribution < -0.4 is 0 Å². The molecule has 0 unspecified atom stereocenters. The molecule has 0 bridgehead atoms. The highest BCUT2D eigenvalue weighted by Crippen LogP contribution is 2.19. The summed E-state index contributed by atoms with van der Waals surface area (Å²) in [5.74, 6) is 0. The second-order valence-corrected chi connectivity index (χ2v) is 4.64. The molecule has 0 aromatic heterocycles. The van der Waals surface area contributed by atoms with Crippen LogP contribution >= 0.6 is 0 Å². The Kier molecular flexibility index (Phi) is 3.43. The average Bonchev–Trinajstić information content (AvgIpc) is 2.29. The molecule has 0 saturated heterocycles. The van der Waals surface area contributed by atoms with Crippen LogP contribution in [0.1, 0.15) is 22.3 Å². The molecular weight excluding hydrogens is 204 g/mol. The van der Waals surface area contributed by atoms with Gasteiger partial charge >= 0.3 is 0 Å².